The molecule has 1 atom stereocenters. The van der Waals surface area contributed by atoms with Crippen LogP contribution in [0.25, 0.3) is 0 Å². The van der Waals surface area contributed by atoms with E-state index in [9.17, 15) is 5.11 Å². The van der Waals surface area contributed by atoms with Crippen LogP contribution in [0.15, 0.2) is 28.7 Å². The third-order valence-electron chi connectivity index (χ3n) is 2.36. The van der Waals surface area contributed by atoms with Gasteiger partial charge in [-0.1, -0.05) is 35.0 Å². The normalized spacial score (nSPS) is 15.1. The van der Waals surface area contributed by atoms with Gasteiger partial charge in [0.1, 0.15) is 0 Å². The van der Waals surface area contributed by atoms with Gasteiger partial charge in [0, 0.05) is 4.47 Å². The van der Waals surface area contributed by atoms with E-state index in [0.29, 0.717) is 0 Å². The monoisotopic (exact) mass is 257 g/mol. The van der Waals surface area contributed by atoms with Crippen molar-refractivity contribution in [1.82, 2.24) is 5.32 Å². The van der Waals surface area contributed by atoms with Crippen LogP contribution in [-0.2, 0) is 5.54 Å². The van der Waals surface area contributed by atoms with Gasteiger partial charge in [0.2, 0.25) is 0 Å². The summed E-state index contributed by atoms with van der Waals surface area (Å²) in [5.74, 6) is 0. The van der Waals surface area contributed by atoms with Gasteiger partial charge in [-0.2, -0.15) is 0 Å². The van der Waals surface area contributed by atoms with Crippen molar-refractivity contribution < 1.29 is 5.11 Å². The maximum absolute atomic E-state index is 9.36. The Kier molecular flexibility index (Phi) is 4.11. The third-order valence-corrected chi connectivity index (χ3v) is 2.89. The molecular weight excluding hydrogens is 242 g/mol. The van der Waals surface area contributed by atoms with E-state index in [1.807, 2.05) is 38.1 Å². The molecule has 0 bridgehead atoms. The molecule has 1 rings (SSSR count). The molecule has 2 N–H and O–H groups in total. The number of nitrogens with one attached hydrogen (secondary N) is 1. The summed E-state index contributed by atoms with van der Waals surface area (Å²) in [6, 6.07) is 8.01. The van der Waals surface area contributed by atoms with E-state index in [1.54, 1.807) is 0 Å². The fraction of sp³-hybridized carbons (Fsp3) is 0.455. The van der Waals surface area contributed by atoms with E-state index >= 15 is 0 Å². The molecule has 1 aromatic rings. The highest BCUT2D eigenvalue weighted by Gasteiger charge is 2.23. The average molecular weight is 258 g/mol. The molecule has 0 saturated carbocycles. The predicted molar refractivity (Wildman–Crippen MR) is 62.3 cm³/mol. The molecule has 0 aliphatic rings. The lowest BCUT2D eigenvalue weighted by molar-refractivity contribution is 0.177. The van der Waals surface area contributed by atoms with Gasteiger partial charge in [0.05, 0.1) is 12.1 Å². The molecule has 3 heteroatoms. The largest absolute Gasteiger partial charge is 0.394 e. The van der Waals surface area contributed by atoms with Gasteiger partial charge >= 0.3 is 0 Å². The Bertz CT molecular complexity index is 286. The van der Waals surface area contributed by atoms with Crippen LogP contribution < -0.4 is 5.32 Å². The molecule has 0 aliphatic carbocycles. The Morgan fingerprint density at radius 3 is 2.36 bits per heavy atom. The van der Waals surface area contributed by atoms with Crippen molar-refractivity contribution in [3.63, 3.8) is 0 Å². The summed E-state index contributed by atoms with van der Waals surface area (Å²) in [6.45, 7) is 4.97. The number of aliphatic hydroxyl groups is 1. The Morgan fingerprint density at radius 2 is 1.93 bits per heavy atom. The second kappa shape index (κ2) is 4.91. The van der Waals surface area contributed by atoms with E-state index in [2.05, 4.69) is 21.2 Å². The van der Waals surface area contributed by atoms with Crippen molar-refractivity contribution >= 4 is 15.9 Å². The highest BCUT2D eigenvalue weighted by Crippen LogP contribution is 2.21. The second-order valence-electron chi connectivity index (χ2n) is 3.53. The minimum atomic E-state index is -0.338. The number of likely N-dealkylation sites (N-methyl/N-ethyl adjacent to an activating group) is 1. The molecule has 1 unspecified atom stereocenters. The molecule has 0 spiro atoms. The van der Waals surface area contributed by atoms with E-state index in [4.69, 9.17) is 0 Å². The number of rotatable bonds is 4. The topological polar surface area (TPSA) is 32.3 Å². The summed E-state index contributed by atoms with van der Waals surface area (Å²) in [5.41, 5.74) is 0.764. The third kappa shape index (κ3) is 2.56. The zero-order valence-electron chi connectivity index (χ0n) is 8.55. The molecule has 0 heterocycles. The molecule has 2 nitrogen and oxygen atoms in total. The number of benzene rings is 1. The Labute approximate surface area is 93.5 Å². The average Bonchev–Trinajstić information content (AvgIpc) is 2.19. The first kappa shape index (κ1) is 11.7. The Hall–Kier alpha value is -0.380. The molecule has 0 amide bonds. The maximum Gasteiger partial charge on any atom is 0.0652 e. The summed E-state index contributed by atoms with van der Waals surface area (Å²) < 4.78 is 1.05. The maximum atomic E-state index is 9.36. The van der Waals surface area contributed by atoms with Crippen LogP contribution in [-0.4, -0.2) is 18.3 Å². The SMILES string of the molecule is CCNC(C)(CO)c1ccc(Br)cc1. The Morgan fingerprint density at radius 1 is 1.36 bits per heavy atom. The molecule has 0 radical (unpaired) electrons. The van der Waals surface area contributed by atoms with E-state index in [1.165, 1.54) is 0 Å². The summed E-state index contributed by atoms with van der Waals surface area (Å²) in [5, 5.41) is 12.6. The van der Waals surface area contributed by atoms with Crippen LogP contribution in [0.3, 0.4) is 0 Å². The van der Waals surface area contributed by atoms with Crippen LogP contribution in [0.5, 0.6) is 0 Å². The molecule has 1 aromatic carbocycles. The van der Waals surface area contributed by atoms with Gasteiger partial charge in [-0.05, 0) is 31.2 Å². The van der Waals surface area contributed by atoms with Crippen molar-refractivity contribution in [1.29, 1.82) is 0 Å². The minimum absolute atomic E-state index is 0.0997. The summed E-state index contributed by atoms with van der Waals surface area (Å²) in [6.07, 6.45) is 0. The number of hydrogen-bond acceptors (Lipinski definition) is 2. The summed E-state index contributed by atoms with van der Waals surface area (Å²) >= 11 is 3.39. The Balaban J connectivity index is 2.94. The second-order valence-corrected chi connectivity index (χ2v) is 4.44. The molecule has 78 valence electrons. The van der Waals surface area contributed by atoms with Crippen LogP contribution in [0.4, 0.5) is 0 Å². The smallest absolute Gasteiger partial charge is 0.0652 e. The van der Waals surface area contributed by atoms with Gasteiger partial charge in [0.15, 0.2) is 0 Å². The van der Waals surface area contributed by atoms with E-state index < -0.39 is 0 Å². The zero-order valence-corrected chi connectivity index (χ0v) is 10.1. The summed E-state index contributed by atoms with van der Waals surface area (Å²) in [4.78, 5) is 0. The van der Waals surface area contributed by atoms with Crippen molar-refractivity contribution in [3.8, 4) is 0 Å². The van der Waals surface area contributed by atoms with Crippen LogP contribution in [0.1, 0.15) is 19.4 Å². The summed E-state index contributed by atoms with van der Waals surface area (Å²) in [7, 11) is 0. The predicted octanol–water partition coefficient (Wildman–Crippen LogP) is 2.27. The van der Waals surface area contributed by atoms with E-state index in [0.717, 1.165) is 16.6 Å². The number of hydrogen-bond donors (Lipinski definition) is 2. The van der Waals surface area contributed by atoms with Gasteiger partial charge in [0.25, 0.3) is 0 Å². The van der Waals surface area contributed by atoms with Gasteiger partial charge in [-0.15, -0.1) is 0 Å². The van der Waals surface area contributed by atoms with Gasteiger partial charge < -0.3 is 10.4 Å². The number of halogens is 1. The molecule has 0 aromatic heterocycles. The fourth-order valence-electron chi connectivity index (χ4n) is 1.46. The first-order valence-electron chi connectivity index (χ1n) is 4.74. The van der Waals surface area contributed by atoms with Crippen molar-refractivity contribution in [2.75, 3.05) is 13.2 Å². The van der Waals surface area contributed by atoms with Crippen LogP contribution in [0, 0.1) is 0 Å². The van der Waals surface area contributed by atoms with E-state index in [-0.39, 0.29) is 12.1 Å². The standard InChI is InChI=1S/C11H16BrNO/c1-3-13-11(2,8-14)9-4-6-10(12)7-5-9/h4-7,13-14H,3,8H2,1-2H3. The fourth-order valence-corrected chi connectivity index (χ4v) is 1.72. The zero-order chi connectivity index (χ0) is 10.6. The lowest BCUT2D eigenvalue weighted by Gasteiger charge is -2.28. The first-order valence-corrected chi connectivity index (χ1v) is 5.53. The first-order chi connectivity index (χ1) is 6.62. The minimum Gasteiger partial charge on any atom is -0.394 e. The molecule has 0 aliphatic heterocycles. The highest BCUT2D eigenvalue weighted by atomic mass is 79.9. The van der Waals surface area contributed by atoms with Crippen molar-refractivity contribution in [2.24, 2.45) is 0 Å². The lowest BCUT2D eigenvalue weighted by atomic mass is 9.93. The number of aliphatic hydroxyl groups excluding tert-OH is 1. The van der Waals surface area contributed by atoms with Crippen molar-refractivity contribution in [2.45, 2.75) is 19.4 Å². The quantitative estimate of drug-likeness (QED) is 0.868. The molecule has 0 fully saturated rings. The lowest BCUT2D eigenvalue weighted by Crippen LogP contribution is -2.42. The van der Waals surface area contributed by atoms with Crippen LogP contribution >= 0.6 is 15.9 Å². The molecular formula is C11H16BrNO. The highest BCUT2D eigenvalue weighted by molar-refractivity contribution is 9.10. The van der Waals surface area contributed by atoms with Gasteiger partial charge in [-0.3, -0.25) is 0 Å². The molecule has 0 saturated heterocycles. The van der Waals surface area contributed by atoms with Crippen LogP contribution in [0.2, 0.25) is 0 Å². The molecule has 14 heavy (non-hydrogen) atoms. The van der Waals surface area contributed by atoms with Gasteiger partial charge in [-0.25, -0.2) is 0 Å². The van der Waals surface area contributed by atoms with Crippen molar-refractivity contribution in [3.05, 3.63) is 34.3 Å².